The summed E-state index contributed by atoms with van der Waals surface area (Å²) in [7, 11) is -3.64. The van der Waals surface area contributed by atoms with Crippen LogP contribution in [0.5, 0.6) is 0 Å². The van der Waals surface area contributed by atoms with Crippen LogP contribution in [0.15, 0.2) is 42.5 Å². The van der Waals surface area contributed by atoms with Gasteiger partial charge in [-0.25, -0.2) is 12.8 Å². The lowest BCUT2D eigenvalue weighted by Crippen LogP contribution is -2.49. The third kappa shape index (κ3) is 8.21. The number of carbonyl (C=O) groups excluding carboxylic acids is 2. The molecule has 1 atom stereocenters. The molecule has 0 spiro atoms. The van der Waals surface area contributed by atoms with Crippen LogP contribution in [0.4, 0.5) is 10.1 Å². The van der Waals surface area contributed by atoms with Gasteiger partial charge >= 0.3 is 0 Å². The fourth-order valence-corrected chi connectivity index (χ4v) is 4.81. The van der Waals surface area contributed by atoms with E-state index in [9.17, 15) is 22.4 Å². The van der Waals surface area contributed by atoms with E-state index in [0.29, 0.717) is 10.7 Å². The predicted molar refractivity (Wildman–Crippen MR) is 137 cm³/mol. The van der Waals surface area contributed by atoms with E-state index in [1.807, 2.05) is 13.8 Å². The Labute approximate surface area is 212 Å². The second-order valence-corrected chi connectivity index (χ2v) is 11.2. The highest BCUT2D eigenvalue weighted by atomic mass is 35.5. The number of nitrogens with one attached hydrogen (secondary N) is 1. The lowest BCUT2D eigenvalue weighted by Gasteiger charge is -2.30. The Hall–Kier alpha value is -2.65. The van der Waals surface area contributed by atoms with Gasteiger partial charge in [0.15, 0.2) is 0 Å². The molecule has 0 saturated heterocycles. The molecule has 7 nitrogen and oxygen atoms in total. The molecule has 1 N–H and O–H groups in total. The largest absolute Gasteiger partial charge is 0.352 e. The molecule has 0 fully saturated rings. The molecule has 1 unspecified atom stereocenters. The Balaban J connectivity index is 2.22. The summed E-state index contributed by atoms with van der Waals surface area (Å²) in [6.45, 7) is 6.96. The van der Waals surface area contributed by atoms with E-state index in [1.54, 1.807) is 50.2 Å². The number of carbonyl (C=O) groups is 2. The number of hydrogen-bond donors (Lipinski definition) is 1. The summed E-state index contributed by atoms with van der Waals surface area (Å²) in [5, 5.41) is 3.18. The molecule has 2 amide bonds. The van der Waals surface area contributed by atoms with Crippen LogP contribution < -0.4 is 9.62 Å². The van der Waals surface area contributed by atoms with Gasteiger partial charge in [0.05, 0.1) is 11.9 Å². The molecule has 10 heteroatoms. The molecule has 0 radical (unpaired) electrons. The van der Waals surface area contributed by atoms with Crippen LogP contribution in [0.3, 0.4) is 0 Å². The third-order valence-electron chi connectivity index (χ3n) is 5.49. The fourth-order valence-electron chi connectivity index (χ4n) is 3.63. The number of amides is 2. The molecule has 0 aromatic heterocycles. The van der Waals surface area contributed by atoms with Gasteiger partial charge in [0.25, 0.3) is 0 Å². The van der Waals surface area contributed by atoms with Crippen LogP contribution in [0, 0.1) is 12.7 Å². The van der Waals surface area contributed by atoms with Crippen molar-refractivity contribution in [2.45, 2.75) is 59.2 Å². The number of hydrogen-bond acceptors (Lipinski definition) is 4. The third-order valence-corrected chi connectivity index (χ3v) is 6.90. The van der Waals surface area contributed by atoms with Crippen LogP contribution in [0.1, 0.15) is 44.7 Å². The molecule has 0 bridgehead atoms. The van der Waals surface area contributed by atoms with Gasteiger partial charge in [-0.2, -0.15) is 0 Å². The SMILES string of the molecule is Cc1ccc(Cl)cc1N(CCCC(=O)N(Cc1ccccc1F)C(C)C(=O)NC(C)C)S(C)(=O)=O. The number of anilines is 1. The summed E-state index contributed by atoms with van der Waals surface area (Å²) < 4.78 is 40.5. The molecule has 35 heavy (non-hydrogen) atoms. The van der Waals surface area contributed by atoms with Crippen molar-refractivity contribution >= 4 is 39.1 Å². The minimum atomic E-state index is -3.64. The predicted octanol–water partition coefficient (Wildman–Crippen LogP) is 4.28. The minimum Gasteiger partial charge on any atom is -0.352 e. The maximum atomic E-state index is 14.3. The normalized spacial score (nSPS) is 12.3. The van der Waals surface area contributed by atoms with Crippen molar-refractivity contribution in [2.24, 2.45) is 0 Å². The van der Waals surface area contributed by atoms with Crippen LogP contribution in [-0.4, -0.2) is 50.0 Å². The van der Waals surface area contributed by atoms with Gasteiger partial charge in [-0.3, -0.25) is 13.9 Å². The number of sulfonamides is 1. The number of nitrogens with zero attached hydrogens (tertiary/aromatic N) is 2. The Kier molecular flexibility index (Phi) is 10.1. The van der Waals surface area contributed by atoms with Gasteiger partial charge < -0.3 is 10.2 Å². The molecule has 0 saturated carbocycles. The van der Waals surface area contributed by atoms with Crippen molar-refractivity contribution in [1.82, 2.24) is 10.2 Å². The lowest BCUT2D eigenvalue weighted by atomic mass is 10.1. The smallest absolute Gasteiger partial charge is 0.242 e. The van der Waals surface area contributed by atoms with E-state index in [1.165, 1.54) is 15.3 Å². The Morgan fingerprint density at radius 3 is 2.37 bits per heavy atom. The zero-order valence-corrected chi connectivity index (χ0v) is 22.3. The van der Waals surface area contributed by atoms with Crippen molar-refractivity contribution in [3.63, 3.8) is 0 Å². The first-order chi connectivity index (χ1) is 16.3. The zero-order valence-electron chi connectivity index (χ0n) is 20.7. The van der Waals surface area contributed by atoms with Gasteiger partial charge in [-0.15, -0.1) is 0 Å². The van der Waals surface area contributed by atoms with Crippen LogP contribution >= 0.6 is 11.6 Å². The van der Waals surface area contributed by atoms with Crippen molar-refractivity contribution < 1.29 is 22.4 Å². The molecule has 0 heterocycles. The van der Waals surface area contributed by atoms with E-state index >= 15 is 0 Å². The number of benzene rings is 2. The van der Waals surface area contributed by atoms with Crippen molar-refractivity contribution in [3.8, 4) is 0 Å². The average molecular weight is 526 g/mol. The van der Waals surface area contributed by atoms with Crippen molar-refractivity contribution in [3.05, 3.63) is 64.4 Å². The minimum absolute atomic E-state index is 0.0284. The van der Waals surface area contributed by atoms with Crippen molar-refractivity contribution in [1.29, 1.82) is 0 Å². The molecule has 192 valence electrons. The molecule has 0 aliphatic rings. The van der Waals surface area contributed by atoms with Gasteiger partial charge in [-0.1, -0.05) is 35.9 Å². The maximum Gasteiger partial charge on any atom is 0.242 e. The van der Waals surface area contributed by atoms with Crippen LogP contribution in [0.25, 0.3) is 0 Å². The fraction of sp³-hybridized carbons (Fsp3) is 0.440. The number of halogens is 2. The summed E-state index contributed by atoms with van der Waals surface area (Å²) in [6, 6.07) is 10.1. The van der Waals surface area contributed by atoms with E-state index in [4.69, 9.17) is 11.6 Å². The van der Waals surface area contributed by atoms with E-state index in [2.05, 4.69) is 5.32 Å². The highest BCUT2D eigenvalue weighted by Gasteiger charge is 2.28. The van der Waals surface area contributed by atoms with Gasteiger partial charge in [0.2, 0.25) is 21.8 Å². The highest BCUT2D eigenvalue weighted by molar-refractivity contribution is 7.92. The Morgan fingerprint density at radius 2 is 1.77 bits per heavy atom. The zero-order chi connectivity index (χ0) is 26.3. The monoisotopic (exact) mass is 525 g/mol. The second-order valence-electron chi connectivity index (χ2n) is 8.82. The molecule has 2 aromatic carbocycles. The van der Waals surface area contributed by atoms with Gasteiger partial charge in [0, 0.05) is 36.1 Å². The molecule has 0 aliphatic heterocycles. The van der Waals surface area contributed by atoms with Gasteiger partial charge in [-0.05, 0) is 57.9 Å². The molecule has 0 aliphatic carbocycles. The van der Waals surface area contributed by atoms with E-state index in [-0.39, 0.29) is 49.4 Å². The summed E-state index contributed by atoms with van der Waals surface area (Å²) >= 11 is 6.08. The molecule has 2 aromatic rings. The molecular formula is C25H33ClFN3O4S. The number of rotatable bonds is 11. The second kappa shape index (κ2) is 12.4. The topological polar surface area (TPSA) is 86.8 Å². The average Bonchev–Trinajstić information content (AvgIpc) is 2.76. The van der Waals surface area contributed by atoms with Gasteiger partial charge in [0.1, 0.15) is 11.9 Å². The lowest BCUT2D eigenvalue weighted by molar-refractivity contribution is -0.140. The highest BCUT2D eigenvalue weighted by Crippen LogP contribution is 2.27. The standard InChI is InChI=1S/C25H33ClFN3O4S/c1-17(2)28-25(32)19(4)29(16-20-9-6-7-10-22(20)27)24(31)11-8-14-30(35(5,33)34)23-15-21(26)13-12-18(23)3/h6-7,9-10,12-13,15,17,19H,8,11,14,16H2,1-5H3,(H,28,32). The first-order valence-electron chi connectivity index (χ1n) is 11.4. The summed E-state index contributed by atoms with van der Waals surface area (Å²) in [5.41, 5.74) is 1.46. The first-order valence-corrected chi connectivity index (χ1v) is 13.6. The van der Waals surface area contributed by atoms with Crippen LogP contribution in [0.2, 0.25) is 5.02 Å². The van der Waals surface area contributed by atoms with E-state index in [0.717, 1.165) is 11.8 Å². The molecular weight excluding hydrogens is 493 g/mol. The van der Waals surface area contributed by atoms with Crippen LogP contribution in [-0.2, 0) is 26.2 Å². The quantitative estimate of drug-likeness (QED) is 0.474. The maximum absolute atomic E-state index is 14.3. The van der Waals surface area contributed by atoms with E-state index < -0.39 is 21.9 Å². The number of aryl methyl sites for hydroxylation is 1. The van der Waals surface area contributed by atoms with Crippen molar-refractivity contribution in [2.75, 3.05) is 17.1 Å². The Morgan fingerprint density at radius 1 is 1.11 bits per heavy atom. The molecule has 2 rings (SSSR count). The summed E-state index contributed by atoms with van der Waals surface area (Å²) in [5.74, 6) is -1.20. The first kappa shape index (κ1) is 28.6. The summed E-state index contributed by atoms with van der Waals surface area (Å²) in [4.78, 5) is 27.2. The Bertz CT molecular complexity index is 1160. The summed E-state index contributed by atoms with van der Waals surface area (Å²) in [6.07, 6.45) is 1.27.